The summed E-state index contributed by atoms with van der Waals surface area (Å²) in [5, 5.41) is 2.86. The first-order valence-electron chi connectivity index (χ1n) is 7.84. The molecule has 0 saturated carbocycles. The molecule has 122 valence electrons. The number of hydrogen-bond donors (Lipinski definition) is 1. The SMILES string of the molecule is CC(C)c1nccn1C1CN(C(=O)NCc2ccc(F)cc2)C1. The summed E-state index contributed by atoms with van der Waals surface area (Å²) in [5.41, 5.74) is 0.883. The lowest BCUT2D eigenvalue weighted by molar-refractivity contribution is 0.122. The van der Waals surface area contributed by atoms with Gasteiger partial charge in [0.1, 0.15) is 11.6 Å². The van der Waals surface area contributed by atoms with Crippen molar-refractivity contribution in [1.82, 2.24) is 19.8 Å². The molecular formula is C17H21FN4O. The van der Waals surface area contributed by atoms with Crippen LogP contribution >= 0.6 is 0 Å². The number of carbonyl (C=O) groups is 1. The predicted octanol–water partition coefficient (Wildman–Crippen LogP) is 2.91. The van der Waals surface area contributed by atoms with Crippen molar-refractivity contribution in [3.63, 3.8) is 0 Å². The second kappa shape index (κ2) is 6.40. The van der Waals surface area contributed by atoms with Crippen molar-refractivity contribution < 1.29 is 9.18 Å². The van der Waals surface area contributed by atoms with Gasteiger partial charge in [0.15, 0.2) is 0 Å². The van der Waals surface area contributed by atoms with Crippen LogP contribution in [0.5, 0.6) is 0 Å². The van der Waals surface area contributed by atoms with Gasteiger partial charge in [-0.2, -0.15) is 0 Å². The van der Waals surface area contributed by atoms with Crippen molar-refractivity contribution in [2.45, 2.75) is 32.4 Å². The van der Waals surface area contributed by atoms with Gasteiger partial charge in [-0.05, 0) is 17.7 Å². The number of nitrogens with one attached hydrogen (secondary N) is 1. The van der Waals surface area contributed by atoms with Crippen molar-refractivity contribution in [3.05, 3.63) is 53.9 Å². The van der Waals surface area contributed by atoms with Crippen molar-refractivity contribution in [3.8, 4) is 0 Å². The van der Waals surface area contributed by atoms with Crippen LogP contribution in [-0.4, -0.2) is 33.6 Å². The fourth-order valence-corrected chi connectivity index (χ4v) is 2.77. The highest BCUT2D eigenvalue weighted by Gasteiger charge is 2.33. The highest BCUT2D eigenvalue weighted by atomic mass is 19.1. The minimum absolute atomic E-state index is 0.0863. The van der Waals surface area contributed by atoms with E-state index in [1.807, 2.05) is 12.4 Å². The zero-order valence-electron chi connectivity index (χ0n) is 13.4. The van der Waals surface area contributed by atoms with Crippen LogP contribution in [0.1, 0.15) is 37.2 Å². The molecule has 23 heavy (non-hydrogen) atoms. The van der Waals surface area contributed by atoms with Gasteiger partial charge in [0.05, 0.1) is 6.04 Å². The molecule has 0 radical (unpaired) electrons. The monoisotopic (exact) mass is 316 g/mol. The van der Waals surface area contributed by atoms with E-state index in [-0.39, 0.29) is 11.8 Å². The number of likely N-dealkylation sites (tertiary alicyclic amines) is 1. The third kappa shape index (κ3) is 3.36. The minimum Gasteiger partial charge on any atom is -0.334 e. The van der Waals surface area contributed by atoms with E-state index >= 15 is 0 Å². The molecule has 1 saturated heterocycles. The normalized spacial score (nSPS) is 14.9. The number of rotatable bonds is 4. The molecule has 1 aromatic carbocycles. The molecule has 5 nitrogen and oxygen atoms in total. The predicted molar refractivity (Wildman–Crippen MR) is 85.6 cm³/mol. The summed E-state index contributed by atoms with van der Waals surface area (Å²) in [7, 11) is 0. The van der Waals surface area contributed by atoms with Gasteiger partial charge in [0.2, 0.25) is 0 Å². The molecule has 1 aliphatic rings. The summed E-state index contributed by atoms with van der Waals surface area (Å²) in [4.78, 5) is 18.3. The van der Waals surface area contributed by atoms with Crippen LogP contribution in [0.25, 0.3) is 0 Å². The Balaban J connectivity index is 1.50. The Labute approximate surface area is 135 Å². The van der Waals surface area contributed by atoms with Gasteiger partial charge in [-0.15, -0.1) is 0 Å². The average Bonchev–Trinajstić information content (AvgIpc) is 2.94. The van der Waals surface area contributed by atoms with Gasteiger partial charge < -0.3 is 14.8 Å². The summed E-state index contributed by atoms with van der Waals surface area (Å²) in [5.74, 6) is 1.15. The maximum absolute atomic E-state index is 12.8. The summed E-state index contributed by atoms with van der Waals surface area (Å²) in [6.45, 7) is 6.01. The third-order valence-electron chi connectivity index (χ3n) is 4.11. The highest BCUT2D eigenvalue weighted by molar-refractivity contribution is 5.75. The molecule has 2 heterocycles. The first-order valence-corrected chi connectivity index (χ1v) is 7.84. The van der Waals surface area contributed by atoms with Crippen molar-refractivity contribution in [1.29, 1.82) is 0 Å². The number of carbonyl (C=O) groups excluding carboxylic acids is 1. The van der Waals surface area contributed by atoms with Gasteiger partial charge in [0.25, 0.3) is 0 Å². The quantitative estimate of drug-likeness (QED) is 0.943. The number of amides is 2. The zero-order valence-corrected chi connectivity index (χ0v) is 13.4. The number of nitrogens with zero attached hydrogens (tertiary/aromatic N) is 3. The molecule has 3 rings (SSSR count). The van der Waals surface area contributed by atoms with E-state index in [2.05, 4.69) is 28.7 Å². The minimum atomic E-state index is -0.271. The Kier molecular flexibility index (Phi) is 4.32. The number of aromatic nitrogens is 2. The molecule has 0 atom stereocenters. The lowest BCUT2D eigenvalue weighted by atomic mass is 10.1. The second-order valence-electron chi connectivity index (χ2n) is 6.19. The van der Waals surface area contributed by atoms with Gasteiger partial charge in [-0.25, -0.2) is 14.2 Å². The van der Waals surface area contributed by atoms with E-state index in [1.54, 1.807) is 17.0 Å². The Hall–Kier alpha value is -2.37. The molecule has 2 aromatic rings. The molecule has 1 fully saturated rings. The van der Waals surface area contributed by atoms with Gasteiger partial charge >= 0.3 is 6.03 Å². The average molecular weight is 316 g/mol. The lowest BCUT2D eigenvalue weighted by Crippen LogP contribution is -2.54. The van der Waals surface area contributed by atoms with E-state index in [9.17, 15) is 9.18 Å². The summed E-state index contributed by atoms with van der Waals surface area (Å²) < 4.78 is 15.0. The Bertz CT molecular complexity index is 674. The number of imidazole rings is 1. The molecule has 2 amide bonds. The fraction of sp³-hybridized carbons (Fsp3) is 0.412. The van der Waals surface area contributed by atoms with Crippen LogP contribution in [0.2, 0.25) is 0 Å². The topological polar surface area (TPSA) is 50.2 Å². The van der Waals surface area contributed by atoms with Crippen LogP contribution in [-0.2, 0) is 6.54 Å². The smallest absolute Gasteiger partial charge is 0.317 e. The first-order chi connectivity index (χ1) is 11.0. The molecule has 1 N–H and O–H groups in total. The largest absolute Gasteiger partial charge is 0.334 e. The van der Waals surface area contributed by atoms with E-state index in [0.717, 1.165) is 11.4 Å². The molecule has 0 spiro atoms. The van der Waals surface area contributed by atoms with Gasteiger partial charge in [-0.1, -0.05) is 26.0 Å². The Morgan fingerprint density at radius 3 is 2.70 bits per heavy atom. The molecular weight excluding hydrogens is 295 g/mol. The number of hydrogen-bond acceptors (Lipinski definition) is 2. The molecule has 0 aliphatic carbocycles. The van der Waals surface area contributed by atoms with E-state index in [4.69, 9.17) is 0 Å². The van der Waals surface area contributed by atoms with Crippen LogP contribution in [0.15, 0.2) is 36.7 Å². The first kappa shape index (κ1) is 15.5. The molecule has 1 aromatic heterocycles. The number of urea groups is 1. The van der Waals surface area contributed by atoms with Crippen LogP contribution < -0.4 is 5.32 Å². The van der Waals surface area contributed by atoms with Gasteiger partial charge in [0, 0.05) is 37.9 Å². The van der Waals surface area contributed by atoms with Crippen LogP contribution in [0.4, 0.5) is 9.18 Å². The molecule has 0 bridgehead atoms. The van der Waals surface area contributed by atoms with Crippen molar-refractivity contribution in [2.75, 3.05) is 13.1 Å². The molecule has 6 heteroatoms. The van der Waals surface area contributed by atoms with Crippen molar-refractivity contribution >= 4 is 6.03 Å². The zero-order chi connectivity index (χ0) is 16.4. The van der Waals surface area contributed by atoms with Crippen LogP contribution in [0, 0.1) is 5.82 Å². The highest BCUT2D eigenvalue weighted by Crippen LogP contribution is 2.25. The number of benzene rings is 1. The van der Waals surface area contributed by atoms with E-state index in [0.29, 0.717) is 31.6 Å². The lowest BCUT2D eigenvalue weighted by Gasteiger charge is -2.40. The van der Waals surface area contributed by atoms with Crippen LogP contribution in [0.3, 0.4) is 0 Å². The molecule has 1 aliphatic heterocycles. The summed E-state index contributed by atoms with van der Waals surface area (Å²) in [6.07, 6.45) is 3.79. The maximum atomic E-state index is 12.8. The van der Waals surface area contributed by atoms with E-state index < -0.39 is 0 Å². The fourth-order valence-electron chi connectivity index (χ4n) is 2.77. The molecule has 0 unspecified atom stereocenters. The maximum Gasteiger partial charge on any atom is 0.317 e. The van der Waals surface area contributed by atoms with E-state index in [1.165, 1.54) is 12.1 Å². The standard InChI is InChI=1S/C17H21FN4O/c1-12(2)16-19-7-8-22(16)15-10-21(11-15)17(23)20-9-13-3-5-14(18)6-4-13/h3-8,12,15H,9-11H2,1-2H3,(H,20,23). The third-order valence-corrected chi connectivity index (χ3v) is 4.11. The van der Waals surface area contributed by atoms with Crippen molar-refractivity contribution in [2.24, 2.45) is 0 Å². The number of halogens is 1. The second-order valence-corrected chi connectivity index (χ2v) is 6.19. The summed E-state index contributed by atoms with van der Waals surface area (Å²) >= 11 is 0. The van der Waals surface area contributed by atoms with Gasteiger partial charge in [-0.3, -0.25) is 0 Å². The Morgan fingerprint density at radius 2 is 2.04 bits per heavy atom. The summed E-state index contributed by atoms with van der Waals surface area (Å²) in [6, 6.07) is 6.36. The Morgan fingerprint density at radius 1 is 1.35 bits per heavy atom.